The van der Waals surface area contributed by atoms with Gasteiger partial charge in [-0.15, -0.1) is 11.3 Å². The van der Waals surface area contributed by atoms with E-state index < -0.39 is 10.0 Å². The SMILES string of the molecule is COc1ccc(NS(=O)(=O)c2ccc(-c3cccc(Cl)c3)s2)cc1N1C[C@@H](C)N[C@@H](C)C1. The minimum Gasteiger partial charge on any atom is -0.495 e. The molecule has 1 fully saturated rings. The van der Waals surface area contributed by atoms with Crippen molar-refractivity contribution >= 4 is 44.3 Å². The number of piperazine rings is 1. The Kier molecular flexibility index (Phi) is 6.67. The molecule has 170 valence electrons. The van der Waals surface area contributed by atoms with E-state index in [-0.39, 0.29) is 4.21 Å². The number of hydrogen-bond donors (Lipinski definition) is 2. The summed E-state index contributed by atoms with van der Waals surface area (Å²) in [4.78, 5) is 3.07. The normalized spacial score (nSPS) is 19.1. The molecule has 0 spiro atoms. The number of ether oxygens (including phenoxy) is 1. The van der Waals surface area contributed by atoms with Crippen molar-refractivity contribution in [2.24, 2.45) is 0 Å². The number of benzene rings is 2. The fourth-order valence-electron chi connectivity index (χ4n) is 3.99. The van der Waals surface area contributed by atoms with Gasteiger partial charge >= 0.3 is 0 Å². The van der Waals surface area contributed by atoms with E-state index >= 15 is 0 Å². The average molecular weight is 492 g/mol. The first kappa shape index (κ1) is 22.9. The molecule has 0 bridgehead atoms. The summed E-state index contributed by atoms with van der Waals surface area (Å²) in [6.07, 6.45) is 0. The van der Waals surface area contributed by atoms with Crippen LogP contribution in [-0.2, 0) is 10.0 Å². The van der Waals surface area contributed by atoms with Gasteiger partial charge in [-0.25, -0.2) is 8.42 Å². The lowest BCUT2D eigenvalue weighted by Crippen LogP contribution is -2.54. The highest BCUT2D eigenvalue weighted by Gasteiger charge is 2.24. The summed E-state index contributed by atoms with van der Waals surface area (Å²) in [5, 5.41) is 4.12. The van der Waals surface area contributed by atoms with Gasteiger partial charge in [0.05, 0.1) is 18.5 Å². The topological polar surface area (TPSA) is 70.7 Å². The molecule has 0 saturated carbocycles. The maximum Gasteiger partial charge on any atom is 0.271 e. The van der Waals surface area contributed by atoms with Crippen molar-refractivity contribution in [2.45, 2.75) is 30.1 Å². The zero-order chi connectivity index (χ0) is 22.9. The van der Waals surface area contributed by atoms with Crippen LogP contribution in [0.2, 0.25) is 5.02 Å². The lowest BCUT2D eigenvalue weighted by molar-refractivity contribution is 0.391. The van der Waals surface area contributed by atoms with Gasteiger partial charge in [0.15, 0.2) is 0 Å². The average Bonchev–Trinajstić information content (AvgIpc) is 3.24. The monoisotopic (exact) mass is 491 g/mol. The number of rotatable bonds is 6. The Labute approximate surface area is 198 Å². The molecule has 0 radical (unpaired) electrons. The number of anilines is 2. The number of methoxy groups -OCH3 is 1. The predicted molar refractivity (Wildman–Crippen MR) is 133 cm³/mol. The van der Waals surface area contributed by atoms with E-state index in [2.05, 4.69) is 28.8 Å². The quantitative estimate of drug-likeness (QED) is 0.504. The van der Waals surface area contributed by atoms with Gasteiger partial charge in [0.2, 0.25) is 0 Å². The van der Waals surface area contributed by atoms with Crippen molar-refractivity contribution < 1.29 is 13.2 Å². The molecule has 2 atom stereocenters. The zero-order valence-electron chi connectivity index (χ0n) is 18.1. The van der Waals surface area contributed by atoms with Crippen LogP contribution in [0.3, 0.4) is 0 Å². The molecule has 3 aromatic rings. The van der Waals surface area contributed by atoms with Crippen molar-refractivity contribution in [1.29, 1.82) is 0 Å². The predicted octanol–water partition coefficient (Wildman–Crippen LogP) is 5.06. The summed E-state index contributed by atoms with van der Waals surface area (Å²) >= 11 is 7.29. The standard InChI is InChI=1S/C23H26ClN3O3S2/c1-15-13-27(14-16(2)25-15)20-12-19(7-8-21(20)30-3)26-32(28,29)23-10-9-22(31-23)17-5-4-6-18(24)11-17/h4-12,15-16,25-26H,13-14H2,1-3H3/t15-,16+. The van der Waals surface area contributed by atoms with Gasteiger partial charge in [0, 0.05) is 35.1 Å². The molecular weight excluding hydrogens is 466 g/mol. The van der Waals surface area contributed by atoms with Crippen LogP contribution in [0.1, 0.15) is 13.8 Å². The van der Waals surface area contributed by atoms with Gasteiger partial charge in [0.1, 0.15) is 9.96 Å². The van der Waals surface area contributed by atoms with Crippen LogP contribution in [-0.4, -0.2) is 40.7 Å². The molecule has 1 aliphatic rings. The van der Waals surface area contributed by atoms with Gasteiger partial charge in [-0.2, -0.15) is 0 Å². The van der Waals surface area contributed by atoms with Gasteiger partial charge in [-0.3, -0.25) is 4.72 Å². The maximum absolute atomic E-state index is 13.1. The van der Waals surface area contributed by atoms with E-state index in [1.54, 1.807) is 37.4 Å². The Hall–Kier alpha value is -2.26. The third-order valence-corrected chi connectivity index (χ3v) is 8.53. The molecule has 2 N–H and O–H groups in total. The first-order chi connectivity index (χ1) is 15.2. The summed E-state index contributed by atoms with van der Waals surface area (Å²) in [6.45, 7) is 5.89. The highest BCUT2D eigenvalue weighted by molar-refractivity contribution is 7.94. The van der Waals surface area contributed by atoms with Gasteiger partial charge in [-0.05, 0) is 61.9 Å². The van der Waals surface area contributed by atoms with Crippen LogP contribution in [0, 0.1) is 0 Å². The van der Waals surface area contributed by atoms with Gasteiger partial charge in [0.25, 0.3) is 10.0 Å². The first-order valence-corrected chi connectivity index (χ1v) is 13.0. The fourth-order valence-corrected chi connectivity index (χ4v) is 6.53. The van der Waals surface area contributed by atoms with Gasteiger partial charge < -0.3 is 15.0 Å². The Morgan fingerprint density at radius 1 is 1.09 bits per heavy atom. The van der Waals surface area contributed by atoms with E-state index in [4.69, 9.17) is 16.3 Å². The fraction of sp³-hybridized carbons (Fsp3) is 0.304. The van der Waals surface area contributed by atoms with Crippen LogP contribution < -0.4 is 19.7 Å². The molecule has 0 unspecified atom stereocenters. The molecule has 0 aliphatic carbocycles. The Morgan fingerprint density at radius 3 is 2.53 bits per heavy atom. The third-order valence-electron chi connectivity index (χ3n) is 5.28. The summed E-state index contributed by atoms with van der Waals surface area (Å²) in [7, 11) is -2.11. The van der Waals surface area contributed by atoms with Crippen molar-refractivity contribution in [1.82, 2.24) is 5.32 Å². The maximum atomic E-state index is 13.1. The van der Waals surface area contributed by atoms with Gasteiger partial charge in [-0.1, -0.05) is 23.7 Å². The highest BCUT2D eigenvalue weighted by Crippen LogP contribution is 2.35. The molecule has 1 aromatic heterocycles. The van der Waals surface area contributed by atoms with Crippen LogP contribution >= 0.6 is 22.9 Å². The number of thiophene rings is 1. The van der Waals surface area contributed by atoms with Crippen molar-refractivity contribution in [3.05, 3.63) is 59.6 Å². The van der Waals surface area contributed by atoms with E-state index in [9.17, 15) is 8.42 Å². The van der Waals surface area contributed by atoms with Crippen LogP contribution in [0.25, 0.3) is 10.4 Å². The van der Waals surface area contributed by atoms with Crippen LogP contribution in [0.5, 0.6) is 5.75 Å². The number of hydrogen-bond acceptors (Lipinski definition) is 6. The molecular formula is C23H26ClN3O3S2. The molecule has 4 rings (SSSR count). The summed E-state index contributed by atoms with van der Waals surface area (Å²) in [5.74, 6) is 0.716. The third kappa shape index (κ3) is 5.04. The van der Waals surface area contributed by atoms with Crippen molar-refractivity contribution in [2.75, 3.05) is 29.8 Å². The Balaban J connectivity index is 1.60. The van der Waals surface area contributed by atoms with E-state index in [0.29, 0.717) is 28.5 Å². The second-order valence-corrected chi connectivity index (χ2v) is 11.4. The molecule has 1 saturated heterocycles. The Bertz CT molecular complexity index is 1200. The number of sulfonamides is 1. The second kappa shape index (κ2) is 9.31. The van der Waals surface area contributed by atoms with Crippen LogP contribution in [0.4, 0.5) is 11.4 Å². The smallest absolute Gasteiger partial charge is 0.271 e. The van der Waals surface area contributed by atoms with Crippen molar-refractivity contribution in [3.8, 4) is 16.2 Å². The number of nitrogens with zero attached hydrogens (tertiary/aromatic N) is 1. The summed E-state index contributed by atoms with van der Waals surface area (Å²) in [6, 6.07) is 16.8. The molecule has 2 aromatic carbocycles. The first-order valence-electron chi connectivity index (χ1n) is 10.3. The molecule has 9 heteroatoms. The number of halogens is 1. The summed E-state index contributed by atoms with van der Waals surface area (Å²) in [5.41, 5.74) is 2.26. The lowest BCUT2D eigenvalue weighted by Gasteiger charge is -2.38. The van der Waals surface area contributed by atoms with E-state index in [1.165, 1.54) is 11.3 Å². The minimum atomic E-state index is -3.74. The molecule has 6 nitrogen and oxygen atoms in total. The van der Waals surface area contributed by atoms with Crippen LogP contribution in [0.15, 0.2) is 58.8 Å². The molecule has 1 aliphatic heterocycles. The molecule has 32 heavy (non-hydrogen) atoms. The van der Waals surface area contributed by atoms with E-state index in [1.807, 2.05) is 24.3 Å². The summed E-state index contributed by atoms with van der Waals surface area (Å²) < 4.78 is 34.7. The molecule has 2 heterocycles. The second-order valence-electron chi connectivity index (χ2n) is 7.99. The Morgan fingerprint density at radius 2 is 1.84 bits per heavy atom. The van der Waals surface area contributed by atoms with E-state index in [0.717, 1.165) is 29.2 Å². The number of nitrogens with one attached hydrogen (secondary N) is 2. The largest absolute Gasteiger partial charge is 0.495 e. The van der Waals surface area contributed by atoms with Crippen molar-refractivity contribution in [3.63, 3.8) is 0 Å². The molecule has 0 amide bonds. The zero-order valence-corrected chi connectivity index (χ0v) is 20.5. The minimum absolute atomic E-state index is 0.245. The highest BCUT2D eigenvalue weighted by atomic mass is 35.5. The lowest BCUT2D eigenvalue weighted by atomic mass is 10.1.